The lowest BCUT2D eigenvalue weighted by molar-refractivity contribution is 0.0247. The highest BCUT2D eigenvalue weighted by atomic mass is 16.5. The van der Waals surface area contributed by atoms with Gasteiger partial charge in [0.15, 0.2) is 0 Å². The number of furan rings is 1. The van der Waals surface area contributed by atoms with Gasteiger partial charge in [0.25, 0.3) is 0 Å². The molecule has 18 heavy (non-hydrogen) atoms. The maximum absolute atomic E-state index is 10.8. The first-order chi connectivity index (χ1) is 8.46. The van der Waals surface area contributed by atoms with Crippen molar-refractivity contribution in [2.45, 2.75) is 25.5 Å². The molecule has 0 fully saturated rings. The SMILES string of the molecule is COCCC(C)(O)CNCc1ccoc1C(=O)O. The van der Waals surface area contributed by atoms with Crippen LogP contribution in [0.4, 0.5) is 0 Å². The minimum atomic E-state index is -1.09. The number of hydrogen-bond donors (Lipinski definition) is 3. The van der Waals surface area contributed by atoms with E-state index >= 15 is 0 Å². The first-order valence-corrected chi connectivity index (χ1v) is 5.68. The number of rotatable bonds is 8. The number of aromatic carboxylic acids is 1. The molecule has 0 radical (unpaired) electrons. The minimum absolute atomic E-state index is 0.0703. The molecule has 0 aromatic carbocycles. The Hall–Kier alpha value is -1.37. The zero-order valence-electron chi connectivity index (χ0n) is 10.6. The molecule has 1 heterocycles. The fourth-order valence-corrected chi connectivity index (χ4v) is 1.54. The van der Waals surface area contributed by atoms with Crippen LogP contribution in [-0.2, 0) is 11.3 Å². The lowest BCUT2D eigenvalue weighted by atomic mass is 10.0. The molecule has 1 atom stereocenters. The van der Waals surface area contributed by atoms with Crippen molar-refractivity contribution < 1.29 is 24.2 Å². The first kappa shape index (κ1) is 14.7. The summed E-state index contributed by atoms with van der Waals surface area (Å²) in [5.74, 6) is -1.16. The molecule has 102 valence electrons. The Morgan fingerprint density at radius 3 is 2.94 bits per heavy atom. The van der Waals surface area contributed by atoms with E-state index in [0.29, 0.717) is 31.7 Å². The summed E-state index contributed by atoms with van der Waals surface area (Å²) in [6.07, 6.45) is 1.84. The van der Waals surface area contributed by atoms with Gasteiger partial charge in [0.1, 0.15) is 0 Å². The highest BCUT2D eigenvalue weighted by Crippen LogP contribution is 2.12. The molecule has 0 aliphatic carbocycles. The molecule has 0 saturated carbocycles. The molecule has 0 aliphatic heterocycles. The van der Waals surface area contributed by atoms with Crippen LogP contribution in [0.3, 0.4) is 0 Å². The van der Waals surface area contributed by atoms with Gasteiger partial charge in [-0.15, -0.1) is 0 Å². The van der Waals surface area contributed by atoms with Crippen molar-refractivity contribution in [3.63, 3.8) is 0 Å². The highest BCUT2D eigenvalue weighted by Gasteiger charge is 2.20. The molecule has 6 heteroatoms. The van der Waals surface area contributed by atoms with Crippen molar-refractivity contribution >= 4 is 5.97 Å². The average molecular weight is 257 g/mol. The maximum atomic E-state index is 10.8. The van der Waals surface area contributed by atoms with E-state index < -0.39 is 11.6 Å². The topological polar surface area (TPSA) is 91.9 Å². The molecule has 1 aromatic heterocycles. The van der Waals surface area contributed by atoms with Crippen molar-refractivity contribution in [2.24, 2.45) is 0 Å². The summed E-state index contributed by atoms with van der Waals surface area (Å²) in [5, 5.41) is 21.8. The average Bonchev–Trinajstić information content (AvgIpc) is 2.74. The molecule has 1 aromatic rings. The molecule has 0 saturated heterocycles. The quantitative estimate of drug-likeness (QED) is 0.639. The van der Waals surface area contributed by atoms with Crippen molar-refractivity contribution in [3.05, 3.63) is 23.7 Å². The summed E-state index contributed by atoms with van der Waals surface area (Å²) >= 11 is 0. The van der Waals surface area contributed by atoms with Gasteiger partial charge in [0.2, 0.25) is 5.76 Å². The third kappa shape index (κ3) is 4.48. The molecular formula is C12H19NO5. The van der Waals surface area contributed by atoms with Gasteiger partial charge in [-0.3, -0.25) is 0 Å². The van der Waals surface area contributed by atoms with Gasteiger partial charge in [-0.2, -0.15) is 0 Å². The summed E-state index contributed by atoms with van der Waals surface area (Å²) in [6.45, 7) is 2.86. The third-order valence-electron chi connectivity index (χ3n) is 2.61. The van der Waals surface area contributed by atoms with Gasteiger partial charge in [-0.05, 0) is 13.0 Å². The number of carboxylic acids is 1. The summed E-state index contributed by atoms with van der Waals surface area (Å²) in [4.78, 5) is 10.8. The molecule has 0 aliphatic rings. The van der Waals surface area contributed by atoms with E-state index in [1.165, 1.54) is 6.26 Å². The Kier molecular flexibility index (Phi) is 5.33. The largest absolute Gasteiger partial charge is 0.475 e. The fraction of sp³-hybridized carbons (Fsp3) is 0.583. The number of aliphatic hydroxyl groups is 1. The van der Waals surface area contributed by atoms with Gasteiger partial charge < -0.3 is 24.7 Å². The van der Waals surface area contributed by atoms with Gasteiger partial charge >= 0.3 is 5.97 Å². The summed E-state index contributed by atoms with van der Waals surface area (Å²) in [6, 6.07) is 1.60. The van der Waals surface area contributed by atoms with Crippen molar-refractivity contribution in [3.8, 4) is 0 Å². The van der Waals surface area contributed by atoms with Crippen molar-refractivity contribution in [1.29, 1.82) is 0 Å². The van der Waals surface area contributed by atoms with Gasteiger partial charge in [0.05, 0.1) is 11.9 Å². The smallest absolute Gasteiger partial charge is 0.372 e. The lowest BCUT2D eigenvalue weighted by Crippen LogP contribution is -2.38. The predicted octanol–water partition coefficient (Wildman–Crippen LogP) is 0.855. The zero-order valence-corrected chi connectivity index (χ0v) is 10.6. The second-order valence-electron chi connectivity index (χ2n) is 4.42. The molecule has 0 amide bonds. The molecule has 1 unspecified atom stereocenters. The van der Waals surface area contributed by atoms with Crippen LogP contribution in [0.2, 0.25) is 0 Å². The summed E-state index contributed by atoms with van der Waals surface area (Å²) < 4.78 is 9.75. The van der Waals surface area contributed by atoms with Crippen LogP contribution in [0.25, 0.3) is 0 Å². The first-order valence-electron chi connectivity index (χ1n) is 5.68. The van der Waals surface area contributed by atoms with Crippen LogP contribution in [0, 0.1) is 0 Å². The Morgan fingerprint density at radius 2 is 2.33 bits per heavy atom. The van der Waals surface area contributed by atoms with E-state index in [1.54, 1.807) is 20.1 Å². The predicted molar refractivity (Wildman–Crippen MR) is 64.5 cm³/mol. The molecule has 3 N–H and O–H groups in total. The second kappa shape index (κ2) is 6.53. The Balaban J connectivity index is 2.41. The number of methoxy groups -OCH3 is 1. The lowest BCUT2D eigenvalue weighted by Gasteiger charge is -2.23. The molecule has 0 bridgehead atoms. The third-order valence-corrected chi connectivity index (χ3v) is 2.61. The number of carboxylic acid groups (broad SMARTS) is 1. The Bertz CT molecular complexity index is 386. The normalized spacial score (nSPS) is 14.4. The van der Waals surface area contributed by atoms with E-state index in [4.69, 9.17) is 14.3 Å². The summed E-state index contributed by atoms with van der Waals surface area (Å²) in [5.41, 5.74) is -0.326. The minimum Gasteiger partial charge on any atom is -0.475 e. The van der Waals surface area contributed by atoms with Crippen molar-refractivity contribution in [2.75, 3.05) is 20.3 Å². The number of carbonyl (C=O) groups is 1. The van der Waals surface area contributed by atoms with Crippen LogP contribution < -0.4 is 5.32 Å². The Labute approximate surface area is 106 Å². The second-order valence-corrected chi connectivity index (χ2v) is 4.42. The van der Waals surface area contributed by atoms with Gasteiger partial charge in [0, 0.05) is 38.8 Å². The molecule has 6 nitrogen and oxygen atoms in total. The summed E-state index contributed by atoms with van der Waals surface area (Å²) in [7, 11) is 1.58. The van der Waals surface area contributed by atoms with Crippen LogP contribution in [0.15, 0.2) is 16.7 Å². The van der Waals surface area contributed by atoms with Gasteiger partial charge in [-0.1, -0.05) is 0 Å². The fourth-order valence-electron chi connectivity index (χ4n) is 1.54. The van der Waals surface area contributed by atoms with Crippen LogP contribution >= 0.6 is 0 Å². The van der Waals surface area contributed by atoms with Crippen LogP contribution in [-0.4, -0.2) is 42.0 Å². The van der Waals surface area contributed by atoms with Crippen molar-refractivity contribution in [1.82, 2.24) is 5.32 Å². The number of nitrogens with one attached hydrogen (secondary N) is 1. The van der Waals surface area contributed by atoms with Crippen LogP contribution in [0.5, 0.6) is 0 Å². The highest BCUT2D eigenvalue weighted by molar-refractivity contribution is 5.86. The van der Waals surface area contributed by atoms with Crippen LogP contribution in [0.1, 0.15) is 29.5 Å². The standard InChI is InChI=1S/C12H19NO5/c1-12(16,4-6-17-2)8-13-7-9-3-5-18-10(9)11(14)15/h3,5,13,16H,4,6-8H2,1-2H3,(H,14,15). The molecule has 0 spiro atoms. The van der Waals surface area contributed by atoms with E-state index in [1.807, 2.05) is 0 Å². The maximum Gasteiger partial charge on any atom is 0.372 e. The Morgan fingerprint density at radius 1 is 1.61 bits per heavy atom. The monoisotopic (exact) mass is 257 g/mol. The van der Waals surface area contributed by atoms with E-state index in [9.17, 15) is 9.90 Å². The van der Waals surface area contributed by atoms with Gasteiger partial charge in [-0.25, -0.2) is 4.79 Å². The zero-order chi connectivity index (χ0) is 13.6. The number of hydrogen-bond acceptors (Lipinski definition) is 5. The number of ether oxygens (including phenoxy) is 1. The molecule has 1 rings (SSSR count). The van der Waals surface area contributed by atoms with E-state index in [-0.39, 0.29) is 5.76 Å². The van der Waals surface area contributed by atoms with E-state index in [2.05, 4.69) is 5.32 Å². The molecular weight excluding hydrogens is 238 g/mol. The van der Waals surface area contributed by atoms with E-state index in [0.717, 1.165) is 0 Å².